The molecule has 2 aromatic carbocycles. The quantitative estimate of drug-likeness (QED) is 0.486. The zero-order valence-corrected chi connectivity index (χ0v) is 10.9. The first-order valence-electron chi connectivity index (χ1n) is 6.03. The van der Waals surface area contributed by atoms with Gasteiger partial charge in [0, 0.05) is 12.1 Å². The van der Waals surface area contributed by atoms with Crippen molar-refractivity contribution in [3.8, 4) is 0 Å². The summed E-state index contributed by atoms with van der Waals surface area (Å²) >= 11 is 0. The van der Waals surface area contributed by atoms with Gasteiger partial charge < -0.3 is 4.74 Å². The second kappa shape index (κ2) is 5.97. The maximum atomic E-state index is 11.8. The SMILES string of the molecule is Cc1ccc(COC(=O)c2ccc([N+](=O)[O-])cc2)cc1. The Morgan fingerprint density at radius 3 is 2.25 bits per heavy atom. The van der Waals surface area contributed by atoms with Gasteiger partial charge >= 0.3 is 5.97 Å². The molecule has 0 aliphatic heterocycles. The number of nitro groups is 1. The smallest absolute Gasteiger partial charge is 0.338 e. The average Bonchev–Trinajstić information content (AvgIpc) is 2.46. The summed E-state index contributed by atoms with van der Waals surface area (Å²) in [6.07, 6.45) is 0. The molecular weight excluding hydrogens is 258 g/mol. The Morgan fingerprint density at radius 2 is 1.70 bits per heavy atom. The van der Waals surface area contributed by atoms with Crippen molar-refractivity contribution in [1.82, 2.24) is 0 Å². The van der Waals surface area contributed by atoms with Gasteiger partial charge in [-0.3, -0.25) is 10.1 Å². The number of aryl methyl sites for hydroxylation is 1. The summed E-state index contributed by atoms with van der Waals surface area (Å²) < 4.78 is 5.15. The molecule has 0 amide bonds. The molecule has 0 N–H and O–H groups in total. The minimum atomic E-state index is -0.512. The van der Waals surface area contributed by atoms with Crippen molar-refractivity contribution in [2.45, 2.75) is 13.5 Å². The highest BCUT2D eigenvalue weighted by atomic mass is 16.6. The summed E-state index contributed by atoms with van der Waals surface area (Å²) in [5.74, 6) is -0.500. The monoisotopic (exact) mass is 271 g/mol. The maximum absolute atomic E-state index is 11.8. The lowest BCUT2D eigenvalue weighted by molar-refractivity contribution is -0.384. The van der Waals surface area contributed by atoms with Crippen LogP contribution in [0.25, 0.3) is 0 Å². The van der Waals surface area contributed by atoms with Crippen LogP contribution in [-0.4, -0.2) is 10.9 Å². The van der Waals surface area contributed by atoms with Crippen molar-refractivity contribution in [3.05, 3.63) is 75.3 Å². The summed E-state index contributed by atoms with van der Waals surface area (Å²) in [5, 5.41) is 10.5. The van der Waals surface area contributed by atoms with E-state index in [2.05, 4.69) is 0 Å². The third kappa shape index (κ3) is 3.41. The minimum Gasteiger partial charge on any atom is -0.457 e. The molecule has 5 nitrogen and oxygen atoms in total. The summed E-state index contributed by atoms with van der Waals surface area (Å²) in [7, 11) is 0. The number of hydrogen-bond donors (Lipinski definition) is 0. The molecule has 0 aliphatic rings. The summed E-state index contributed by atoms with van der Waals surface area (Å²) in [4.78, 5) is 21.8. The Morgan fingerprint density at radius 1 is 1.10 bits per heavy atom. The molecule has 2 aromatic rings. The number of esters is 1. The van der Waals surface area contributed by atoms with Crippen molar-refractivity contribution < 1.29 is 14.5 Å². The Bertz CT molecular complexity index is 617. The van der Waals surface area contributed by atoms with E-state index >= 15 is 0 Å². The lowest BCUT2D eigenvalue weighted by Gasteiger charge is -2.05. The molecule has 0 saturated carbocycles. The first-order chi connectivity index (χ1) is 9.56. The van der Waals surface area contributed by atoms with Crippen molar-refractivity contribution in [2.24, 2.45) is 0 Å². The Hall–Kier alpha value is -2.69. The minimum absolute atomic E-state index is 0.0555. The Kier molecular flexibility index (Phi) is 4.10. The molecule has 0 fully saturated rings. The number of carbonyl (C=O) groups is 1. The van der Waals surface area contributed by atoms with Gasteiger partial charge in [0.05, 0.1) is 10.5 Å². The third-order valence-electron chi connectivity index (χ3n) is 2.80. The van der Waals surface area contributed by atoms with Gasteiger partial charge in [-0.25, -0.2) is 4.79 Å². The van der Waals surface area contributed by atoms with Crippen LogP contribution in [-0.2, 0) is 11.3 Å². The van der Waals surface area contributed by atoms with Crippen LogP contribution in [0.4, 0.5) is 5.69 Å². The van der Waals surface area contributed by atoms with Crippen LogP contribution in [0.15, 0.2) is 48.5 Å². The van der Waals surface area contributed by atoms with Gasteiger partial charge in [-0.1, -0.05) is 29.8 Å². The fourth-order valence-electron chi connectivity index (χ4n) is 1.64. The molecule has 0 aliphatic carbocycles. The van der Waals surface area contributed by atoms with Crippen molar-refractivity contribution in [1.29, 1.82) is 0 Å². The van der Waals surface area contributed by atoms with E-state index in [9.17, 15) is 14.9 Å². The highest BCUT2D eigenvalue weighted by Crippen LogP contribution is 2.13. The fourth-order valence-corrected chi connectivity index (χ4v) is 1.64. The van der Waals surface area contributed by atoms with Crippen molar-refractivity contribution in [3.63, 3.8) is 0 Å². The van der Waals surface area contributed by atoms with Gasteiger partial charge in [-0.15, -0.1) is 0 Å². The number of carbonyl (C=O) groups excluding carboxylic acids is 1. The third-order valence-corrected chi connectivity index (χ3v) is 2.80. The number of non-ortho nitro benzene ring substituents is 1. The largest absolute Gasteiger partial charge is 0.457 e. The molecule has 0 aromatic heterocycles. The second-order valence-electron chi connectivity index (χ2n) is 4.37. The van der Waals surface area contributed by atoms with Crippen LogP contribution in [0.1, 0.15) is 21.5 Å². The van der Waals surface area contributed by atoms with E-state index < -0.39 is 10.9 Å². The molecule has 0 atom stereocenters. The highest BCUT2D eigenvalue weighted by molar-refractivity contribution is 5.89. The van der Waals surface area contributed by atoms with Crippen LogP contribution < -0.4 is 0 Å². The molecule has 102 valence electrons. The van der Waals surface area contributed by atoms with Gasteiger partial charge in [-0.05, 0) is 24.6 Å². The van der Waals surface area contributed by atoms with Gasteiger partial charge in [0.1, 0.15) is 6.61 Å². The Labute approximate surface area is 116 Å². The molecule has 0 radical (unpaired) electrons. The molecule has 5 heteroatoms. The predicted molar refractivity (Wildman–Crippen MR) is 73.4 cm³/mol. The van der Waals surface area contributed by atoms with E-state index in [0.717, 1.165) is 11.1 Å². The summed E-state index contributed by atoms with van der Waals surface area (Å²) in [6, 6.07) is 13.0. The van der Waals surface area contributed by atoms with Crippen LogP contribution >= 0.6 is 0 Å². The first kappa shape index (κ1) is 13.7. The molecule has 20 heavy (non-hydrogen) atoms. The van der Waals surface area contributed by atoms with E-state index in [-0.39, 0.29) is 12.3 Å². The summed E-state index contributed by atoms with van der Waals surface area (Å²) in [6.45, 7) is 2.16. The van der Waals surface area contributed by atoms with Gasteiger partial charge in [0.25, 0.3) is 5.69 Å². The second-order valence-corrected chi connectivity index (χ2v) is 4.37. The number of nitrogens with zero attached hydrogens (tertiary/aromatic N) is 1. The molecule has 0 unspecified atom stereocenters. The van der Waals surface area contributed by atoms with Gasteiger partial charge in [0.2, 0.25) is 0 Å². The first-order valence-corrected chi connectivity index (χ1v) is 6.03. The lowest BCUT2D eigenvalue weighted by Crippen LogP contribution is -2.05. The summed E-state index contributed by atoms with van der Waals surface area (Å²) in [5.41, 5.74) is 2.27. The maximum Gasteiger partial charge on any atom is 0.338 e. The standard InChI is InChI=1S/C15H13NO4/c1-11-2-4-12(5-3-11)10-20-15(17)13-6-8-14(9-7-13)16(18)19/h2-9H,10H2,1H3. The highest BCUT2D eigenvalue weighted by Gasteiger charge is 2.10. The molecule has 0 bridgehead atoms. The van der Waals surface area contributed by atoms with Crippen LogP contribution in [0.3, 0.4) is 0 Å². The molecule has 0 heterocycles. The number of ether oxygens (including phenoxy) is 1. The Balaban J connectivity index is 1.97. The lowest BCUT2D eigenvalue weighted by atomic mass is 10.2. The molecular formula is C15H13NO4. The van der Waals surface area contributed by atoms with Crippen LogP contribution in [0.5, 0.6) is 0 Å². The molecule has 2 rings (SSSR count). The van der Waals surface area contributed by atoms with Gasteiger partial charge in [0.15, 0.2) is 0 Å². The van der Waals surface area contributed by atoms with E-state index in [4.69, 9.17) is 4.74 Å². The van der Waals surface area contributed by atoms with E-state index in [1.807, 2.05) is 31.2 Å². The van der Waals surface area contributed by atoms with Gasteiger partial charge in [-0.2, -0.15) is 0 Å². The normalized spacial score (nSPS) is 10.1. The topological polar surface area (TPSA) is 69.4 Å². The van der Waals surface area contributed by atoms with E-state index in [1.165, 1.54) is 24.3 Å². The van der Waals surface area contributed by atoms with E-state index in [1.54, 1.807) is 0 Å². The number of rotatable bonds is 4. The van der Waals surface area contributed by atoms with Crippen LogP contribution in [0, 0.1) is 17.0 Å². The fraction of sp³-hybridized carbons (Fsp3) is 0.133. The van der Waals surface area contributed by atoms with Crippen molar-refractivity contribution >= 4 is 11.7 Å². The zero-order valence-electron chi connectivity index (χ0n) is 10.9. The van der Waals surface area contributed by atoms with Crippen molar-refractivity contribution in [2.75, 3.05) is 0 Å². The molecule has 0 spiro atoms. The number of benzene rings is 2. The number of hydrogen-bond acceptors (Lipinski definition) is 4. The van der Waals surface area contributed by atoms with E-state index in [0.29, 0.717) is 5.56 Å². The molecule has 0 saturated heterocycles. The average molecular weight is 271 g/mol. The zero-order chi connectivity index (χ0) is 14.5. The number of nitro benzene ring substituents is 1. The van der Waals surface area contributed by atoms with Crippen LogP contribution in [0.2, 0.25) is 0 Å². The predicted octanol–water partition coefficient (Wildman–Crippen LogP) is 3.26.